The first-order chi connectivity index (χ1) is 10.2. The summed E-state index contributed by atoms with van der Waals surface area (Å²) in [6, 6.07) is 20.9. The van der Waals surface area contributed by atoms with Crippen molar-refractivity contribution in [3.63, 3.8) is 0 Å². The van der Waals surface area contributed by atoms with Gasteiger partial charge >= 0.3 is 0 Å². The number of halogens is 1. The lowest BCUT2D eigenvalue weighted by atomic mass is 9.88. The average Bonchev–Trinajstić information content (AvgIpc) is 2.52. The SMILES string of the molecule is Oc1ccc(C(c2ccc(Cl)cc2)c2ccccn2)cc1. The van der Waals surface area contributed by atoms with Crippen molar-refractivity contribution < 1.29 is 5.11 Å². The van der Waals surface area contributed by atoms with Crippen LogP contribution in [0, 0.1) is 0 Å². The number of pyridine rings is 1. The van der Waals surface area contributed by atoms with Gasteiger partial charge in [0.2, 0.25) is 0 Å². The number of phenols is 1. The lowest BCUT2D eigenvalue weighted by Crippen LogP contribution is -2.05. The van der Waals surface area contributed by atoms with Gasteiger partial charge in [0, 0.05) is 11.2 Å². The minimum absolute atomic E-state index is 0.0177. The van der Waals surface area contributed by atoms with E-state index in [9.17, 15) is 5.11 Å². The van der Waals surface area contributed by atoms with Gasteiger partial charge in [-0.15, -0.1) is 0 Å². The van der Waals surface area contributed by atoms with Gasteiger partial charge in [-0.05, 0) is 47.5 Å². The van der Waals surface area contributed by atoms with Crippen LogP contribution in [0.5, 0.6) is 5.75 Å². The Labute approximate surface area is 128 Å². The van der Waals surface area contributed by atoms with E-state index < -0.39 is 0 Å². The van der Waals surface area contributed by atoms with E-state index in [0.29, 0.717) is 5.02 Å². The summed E-state index contributed by atoms with van der Waals surface area (Å²) in [6.45, 7) is 0. The largest absolute Gasteiger partial charge is 0.508 e. The first-order valence-electron chi connectivity index (χ1n) is 6.69. The molecule has 0 radical (unpaired) electrons. The summed E-state index contributed by atoms with van der Waals surface area (Å²) in [7, 11) is 0. The second-order valence-corrected chi connectivity index (χ2v) is 5.27. The molecule has 1 N–H and O–H groups in total. The molecule has 0 saturated heterocycles. The summed E-state index contributed by atoms with van der Waals surface area (Å²) >= 11 is 5.98. The molecule has 0 aliphatic rings. The van der Waals surface area contributed by atoms with Crippen molar-refractivity contribution in [1.29, 1.82) is 0 Å². The van der Waals surface area contributed by atoms with Crippen molar-refractivity contribution in [2.24, 2.45) is 0 Å². The molecule has 21 heavy (non-hydrogen) atoms. The maximum Gasteiger partial charge on any atom is 0.115 e. The average molecular weight is 296 g/mol. The molecule has 3 heteroatoms. The van der Waals surface area contributed by atoms with Crippen LogP contribution < -0.4 is 0 Å². The molecule has 104 valence electrons. The Morgan fingerprint density at radius 1 is 0.810 bits per heavy atom. The van der Waals surface area contributed by atoms with Gasteiger partial charge < -0.3 is 5.11 Å². The monoisotopic (exact) mass is 295 g/mol. The van der Waals surface area contributed by atoms with Gasteiger partial charge in [0.25, 0.3) is 0 Å². The zero-order chi connectivity index (χ0) is 14.7. The van der Waals surface area contributed by atoms with E-state index in [1.54, 1.807) is 18.3 Å². The van der Waals surface area contributed by atoms with Crippen LogP contribution in [0.2, 0.25) is 5.02 Å². The minimum Gasteiger partial charge on any atom is -0.508 e. The molecule has 3 aromatic rings. The Hall–Kier alpha value is -2.32. The van der Waals surface area contributed by atoms with Gasteiger partial charge in [-0.2, -0.15) is 0 Å². The fourth-order valence-corrected chi connectivity index (χ4v) is 2.53. The van der Waals surface area contributed by atoms with Gasteiger partial charge in [-0.3, -0.25) is 4.98 Å². The number of hydrogen-bond donors (Lipinski definition) is 1. The second kappa shape index (κ2) is 5.98. The van der Waals surface area contributed by atoms with Crippen LogP contribution in [0.1, 0.15) is 22.7 Å². The van der Waals surface area contributed by atoms with Crippen molar-refractivity contribution in [3.8, 4) is 5.75 Å². The summed E-state index contributed by atoms with van der Waals surface area (Å²) in [5.74, 6) is 0.277. The van der Waals surface area contributed by atoms with Crippen LogP contribution in [-0.2, 0) is 0 Å². The van der Waals surface area contributed by atoms with Gasteiger partial charge in [-0.25, -0.2) is 0 Å². The Kier molecular flexibility index (Phi) is 3.89. The third-order valence-corrected chi connectivity index (χ3v) is 3.67. The zero-order valence-corrected chi connectivity index (χ0v) is 12.0. The van der Waals surface area contributed by atoms with Crippen LogP contribution in [0.4, 0.5) is 0 Å². The fraction of sp³-hybridized carbons (Fsp3) is 0.0556. The van der Waals surface area contributed by atoms with Crippen LogP contribution in [-0.4, -0.2) is 10.1 Å². The maximum absolute atomic E-state index is 9.48. The van der Waals surface area contributed by atoms with Crippen molar-refractivity contribution >= 4 is 11.6 Å². The van der Waals surface area contributed by atoms with Crippen LogP contribution in [0.15, 0.2) is 72.9 Å². The summed E-state index contributed by atoms with van der Waals surface area (Å²) < 4.78 is 0. The van der Waals surface area contributed by atoms with Crippen molar-refractivity contribution in [1.82, 2.24) is 4.98 Å². The third kappa shape index (κ3) is 3.06. The lowest BCUT2D eigenvalue weighted by molar-refractivity contribution is 0.475. The highest BCUT2D eigenvalue weighted by atomic mass is 35.5. The van der Waals surface area contributed by atoms with Gasteiger partial charge in [-0.1, -0.05) is 41.9 Å². The molecule has 0 aliphatic carbocycles. The molecular weight excluding hydrogens is 282 g/mol. The fourth-order valence-electron chi connectivity index (χ4n) is 2.40. The maximum atomic E-state index is 9.48. The standard InChI is InChI=1S/C18H14ClNO/c19-15-8-4-13(5-9-15)18(17-3-1-2-12-20-17)14-6-10-16(21)11-7-14/h1-12,18,21H. The minimum atomic E-state index is 0.0177. The van der Waals surface area contributed by atoms with Crippen molar-refractivity contribution in [3.05, 3.63) is 94.8 Å². The van der Waals surface area contributed by atoms with Gasteiger partial charge in [0.1, 0.15) is 5.75 Å². The summed E-state index contributed by atoms with van der Waals surface area (Å²) in [6.07, 6.45) is 1.79. The van der Waals surface area contributed by atoms with Gasteiger partial charge in [0.15, 0.2) is 0 Å². The van der Waals surface area contributed by atoms with E-state index in [4.69, 9.17) is 11.6 Å². The predicted octanol–water partition coefficient (Wildman–Crippen LogP) is 4.62. The highest BCUT2D eigenvalue weighted by molar-refractivity contribution is 6.30. The van der Waals surface area contributed by atoms with E-state index in [-0.39, 0.29) is 11.7 Å². The number of aromatic nitrogens is 1. The van der Waals surface area contributed by atoms with Crippen LogP contribution >= 0.6 is 11.6 Å². The normalized spacial score (nSPS) is 12.0. The zero-order valence-electron chi connectivity index (χ0n) is 11.3. The van der Waals surface area contributed by atoms with E-state index in [2.05, 4.69) is 4.98 Å². The Morgan fingerprint density at radius 3 is 2.00 bits per heavy atom. The number of phenolic OH excluding ortho intramolecular Hbond substituents is 1. The topological polar surface area (TPSA) is 33.1 Å². The van der Waals surface area contributed by atoms with Gasteiger partial charge in [0.05, 0.1) is 11.6 Å². The highest BCUT2D eigenvalue weighted by Crippen LogP contribution is 2.32. The Balaban J connectivity index is 2.11. The first-order valence-corrected chi connectivity index (χ1v) is 7.07. The number of nitrogens with zero attached hydrogens (tertiary/aromatic N) is 1. The quantitative estimate of drug-likeness (QED) is 0.765. The molecule has 0 amide bonds. The Morgan fingerprint density at radius 2 is 1.43 bits per heavy atom. The number of rotatable bonds is 3. The predicted molar refractivity (Wildman–Crippen MR) is 84.7 cm³/mol. The molecule has 1 atom stereocenters. The first kappa shape index (κ1) is 13.7. The summed E-state index contributed by atoms with van der Waals surface area (Å²) in [4.78, 5) is 4.48. The van der Waals surface area contributed by atoms with Crippen molar-refractivity contribution in [2.75, 3.05) is 0 Å². The molecule has 2 aromatic carbocycles. The van der Waals surface area contributed by atoms with Crippen LogP contribution in [0.25, 0.3) is 0 Å². The molecule has 0 saturated carbocycles. The molecule has 0 spiro atoms. The molecule has 3 rings (SSSR count). The molecule has 2 nitrogen and oxygen atoms in total. The highest BCUT2D eigenvalue weighted by Gasteiger charge is 2.17. The molecule has 1 aromatic heterocycles. The molecule has 1 heterocycles. The summed E-state index contributed by atoms with van der Waals surface area (Å²) in [5.41, 5.74) is 3.16. The molecule has 0 fully saturated rings. The van der Waals surface area contributed by atoms with Crippen LogP contribution in [0.3, 0.4) is 0 Å². The molecule has 1 unspecified atom stereocenters. The number of benzene rings is 2. The number of hydrogen-bond acceptors (Lipinski definition) is 2. The third-order valence-electron chi connectivity index (χ3n) is 3.41. The van der Waals surface area contributed by atoms with E-state index in [1.807, 2.05) is 54.6 Å². The Bertz CT molecular complexity index is 663. The molecule has 0 aliphatic heterocycles. The summed E-state index contributed by atoms with van der Waals surface area (Å²) in [5, 5.41) is 10.2. The van der Waals surface area contributed by atoms with E-state index in [0.717, 1.165) is 16.8 Å². The second-order valence-electron chi connectivity index (χ2n) is 4.83. The van der Waals surface area contributed by atoms with Crippen molar-refractivity contribution in [2.45, 2.75) is 5.92 Å². The molecular formula is C18H14ClNO. The lowest BCUT2D eigenvalue weighted by Gasteiger charge is -2.18. The smallest absolute Gasteiger partial charge is 0.115 e. The molecule has 0 bridgehead atoms. The van der Waals surface area contributed by atoms with E-state index >= 15 is 0 Å². The number of aromatic hydroxyl groups is 1. The van der Waals surface area contributed by atoms with E-state index in [1.165, 1.54) is 0 Å².